The first-order valence-electron chi connectivity index (χ1n) is 5.64. The van der Waals surface area contributed by atoms with E-state index in [0.717, 1.165) is 19.3 Å². The summed E-state index contributed by atoms with van der Waals surface area (Å²) in [7, 11) is -2.00. The summed E-state index contributed by atoms with van der Waals surface area (Å²) in [5, 5.41) is 8.74. The molecule has 0 radical (unpaired) electrons. The molecule has 0 aromatic heterocycles. The van der Waals surface area contributed by atoms with E-state index in [2.05, 4.69) is 13.8 Å². The fourth-order valence-corrected chi connectivity index (χ4v) is 2.13. The van der Waals surface area contributed by atoms with Gasteiger partial charge in [-0.3, -0.25) is 0 Å². The molecular formula is C11H26O2Si. The van der Waals surface area contributed by atoms with E-state index in [0.29, 0.717) is 6.61 Å². The van der Waals surface area contributed by atoms with Gasteiger partial charge in [0.2, 0.25) is 0 Å². The van der Waals surface area contributed by atoms with Gasteiger partial charge >= 0.3 is 0 Å². The predicted molar refractivity (Wildman–Crippen MR) is 63.9 cm³/mol. The highest BCUT2D eigenvalue weighted by atomic mass is 28.4. The van der Waals surface area contributed by atoms with Crippen LogP contribution in [0.3, 0.4) is 0 Å². The zero-order chi connectivity index (χ0) is 11.2. The first-order valence-corrected chi connectivity index (χ1v) is 8.59. The molecule has 14 heavy (non-hydrogen) atoms. The molecule has 0 aliphatic heterocycles. The fourth-order valence-electron chi connectivity index (χ4n) is 1.34. The molecule has 0 saturated heterocycles. The van der Waals surface area contributed by atoms with Crippen LogP contribution in [0.2, 0.25) is 18.1 Å². The quantitative estimate of drug-likeness (QED) is 0.509. The number of rotatable bonds is 7. The van der Waals surface area contributed by atoms with Gasteiger partial charge in [-0.25, -0.2) is 0 Å². The standard InChI is InChI=1S/C11H26O2Si/c1-11(2,14(3,4)13)9-7-5-6-8-10-12/h12-13H,5-10H2,1-4H3. The van der Waals surface area contributed by atoms with E-state index in [1.165, 1.54) is 12.8 Å². The topological polar surface area (TPSA) is 40.5 Å². The summed E-state index contributed by atoms with van der Waals surface area (Å²) in [6.45, 7) is 8.68. The lowest BCUT2D eigenvalue weighted by Crippen LogP contribution is -2.38. The summed E-state index contributed by atoms with van der Waals surface area (Å²) in [5.41, 5.74) is 0. The van der Waals surface area contributed by atoms with Crippen molar-refractivity contribution in [3.63, 3.8) is 0 Å². The molecule has 0 fully saturated rings. The Hall–Kier alpha value is 0.137. The Labute approximate surface area is 89.5 Å². The van der Waals surface area contributed by atoms with E-state index in [-0.39, 0.29) is 5.04 Å². The maximum absolute atomic E-state index is 10.0. The minimum Gasteiger partial charge on any atom is -0.432 e. The summed E-state index contributed by atoms with van der Waals surface area (Å²) >= 11 is 0. The van der Waals surface area contributed by atoms with Crippen LogP contribution < -0.4 is 0 Å². The molecule has 0 unspecified atom stereocenters. The number of aliphatic hydroxyl groups excluding tert-OH is 1. The number of aliphatic hydroxyl groups is 1. The highest BCUT2D eigenvalue weighted by Crippen LogP contribution is 2.40. The molecule has 0 atom stereocenters. The van der Waals surface area contributed by atoms with E-state index in [1.54, 1.807) is 0 Å². The molecule has 86 valence electrons. The van der Waals surface area contributed by atoms with E-state index in [4.69, 9.17) is 5.11 Å². The predicted octanol–water partition coefficient (Wildman–Crippen LogP) is 2.91. The molecule has 0 heterocycles. The van der Waals surface area contributed by atoms with Crippen LogP contribution in [0.25, 0.3) is 0 Å². The van der Waals surface area contributed by atoms with E-state index >= 15 is 0 Å². The highest BCUT2D eigenvalue weighted by molar-refractivity contribution is 6.72. The van der Waals surface area contributed by atoms with Crippen molar-refractivity contribution in [1.82, 2.24) is 0 Å². The molecular weight excluding hydrogens is 192 g/mol. The van der Waals surface area contributed by atoms with Gasteiger partial charge < -0.3 is 9.90 Å². The molecule has 0 bridgehead atoms. The second-order valence-electron chi connectivity index (χ2n) is 5.33. The third-order valence-electron chi connectivity index (χ3n) is 3.37. The second-order valence-corrected chi connectivity index (χ2v) is 9.80. The van der Waals surface area contributed by atoms with Crippen LogP contribution in [-0.2, 0) is 0 Å². The van der Waals surface area contributed by atoms with Crippen LogP contribution >= 0.6 is 0 Å². The average Bonchev–Trinajstić information content (AvgIpc) is 2.02. The average molecular weight is 218 g/mol. The maximum atomic E-state index is 10.0. The second kappa shape index (κ2) is 5.88. The number of hydrogen-bond acceptors (Lipinski definition) is 2. The van der Waals surface area contributed by atoms with Crippen molar-refractivity contribution in [2.75, 3.05) is 6.61 Å². The van der Waals surface area contributed by atoms with Gasteiger partial charge in [-0.2, -0.15) is 0 Å². The van der Waals surface area contributed by atoms with Gasteiger partial charge in [0.15, 0.2) is 8.32 Å². The molecule has 0 spiro atoms. The Balaban J connectivity index is 3.67. The SMILES string of the molecule is CC(C)(CCCCCCO)[Si](C)(C)O. The van der Waals surface area contributed by atoms with Crippen LogP contribution in [0, 0.1) is 0 Å². The fraction of sp³-hybridized carbons (Fsp3) is 1.00. The Kier molecular flexibility index (Phi) is 5.94. The monoisotopic (exact) mass is 218 g/mol. The first kappa shape index (κ1) is 14.1. The lowest BCUT2D eigenvalue weighted by Gasteiger charge is -2.35. The van der Waals surface area contributed by atoms with Crippen molar-refractivity contribution >= 4 is 8.32 Å². The Morgan fingerprint density at radius 2 is 1.50 bits per heavy atom. The highest BCUT2D eigenvalue weighted by Gasteiger charge is 2.36. The lowest BCUT2D eigenvalue weighted by molar-refractivity contribution is 0.281. The van der Waals surface area contributed by atoms with Gasteiger partial charge in [-0.15, -0.1) is 0 Å². The summed E-state index contributed by atoms with van der Waals surface area (Å²) in [6, 6.07) is 0. The smallest absolute Gasteiger partial charge is 0.188 e. The zero-order valence-corrected chi connectivity index (χ0v) is 11.1. The zero-order valence-electron chi connectivity index (χ0n) is 10.1. The van der Waals surface area contributed by atoms with Crippen LogP contribution in [0.15, 0.2) is 0 Å². The molecule has 0 aliphatic rings. The Morgan fingerprint density at radius 1 is 1.00 bits per heavy atom. The van der Waals surface area contributed by atoms with Crippen molar-refractivity contribution in [1.29, 1.82) is 0 Å². The molecule has 0 amide bonds. The van der Waals surface area contributed by atoms with Gasteiger partial charge in [0.05, 0.1) is 0 Å². The van der Waals surface area contributed by atoms with Crippen molar-refractivity contribution in [2.24, 2.45) is 0 Å². The van der Waals surface area contributed by atoms with Crippen molar-refractivity contribution in [2.45, 2.75) is 64.1 Å². The molecule has 0 aromatic carbocycles. The van der Waals surface area contributed by atoms with Gasteiger partial charge in [0.1, 0.15) is 0 Å². The van der Waals surface area contributed by atoms with Crippen LogP contribution in [-0.4, -0.2) is 24.8 Å². The molecule has 3 heteroatoms. The van der Waals surface area contributed by atoms with Crippen molar-refractivity contribution < 1.29 is 9.90 Å². The van der Waals surface area contributed by atoms with Crippen molar-refractivity contribution in [3.05, 3.63) is 0 Å². The van der Waals surface area contributed by atoms with E-state index in [1.807, 2.05) is 13.1 Å². The van der Waals surface area contributed by atoms with E-state index < -0.39 is 8.32 Å². The first-order chi connectivity index (χ1) is 6.31. The minimum absolute atomic E-state index is 0.117. The minimum atomic E-state index is -2.00. The number of hydrogen-bond donors (Lipinski definition) is 2. The molecule has 2 N–H and O–H groups in total. The molecule has 0 rings (SSSR count). The largest absolute Gasteiger partial charge is 0.432 e. The third-order valence-corrected chi connectivity index (χ3v) is 6.93. The Bertz CT molecular complexity index is 150. The summed E-state index contributed by atoms with van der Waals surface area (Å²) in [6.07, 6.45) is 5.48. The van der Waals surface area contributed by atoms with Crippen LogP contribution in [0.5, 0.6) is 0 Å². The molecule has 0 aliphatic carbocycles. The third kappa shape index (κ3) is 5.13. The lowest BCUT2D eigenvalue weighted by atomic mass is 10.0. The van der Waals surface area contributed by atoms with Crippen LogP contribution in [0.1, 0.15) is 46.0 Å². The number of unbranched alkanes of at least 4 members (excludes halogenated alkanes) is 3. The van der Waals surface area contributed by atoms with Gasteiger partial charge in [0.25, 0.3) is 0 Å². The van der Waals surface area contributed by atoms with Gasteiger partial charge in [-0.1, -0.05) is 33.1 Å². The Morgan fingerprint density at radius 3 is 1.93 bits per heavy atom. The summed E-state index contributed by atoms with van der Waals surface area (Å²) in [5.74, 6) is 0. The van der Waals surface area contributed by atoms with Gasteiger partial charge in [-0.05, 0) is 31.0 Å². The molecule has 2 nitrogen and oxygen atoms in total. The molecule has 0 aromatic rings. The molecule has 0 saturated carbocycles. The van der Waals surface area contributed by atoms with Gasteiger partial charge in [0, 0.05) is 6.61 Å². The van der Waals surface area contributed by atoms with Crippen molar-refractivity contribution in [3.8, 4) is 0 Å². The van der Waals surface area contributed by atoms with Crippen LogP contribution in [0.4, 0.5) is 0 Å². The summed E-state index contributed by atoms with van der Waals surface area (Å²) < 4.78 is 0. The van der Waals surface area contributed by atoms with E-state index in [9.17, 15) is 4.80 Å². The normalized spacial score (nSPS) is 13.3. The maximum Gasteiger partial charge on any atom is 0.188 e. The summed E-state index contributed by atoms with van der Waals surface area (Å²) in [4.78, 5) is 10.0.